The summed E-state index contributed by atoms with van der Waals surface area (Å²) in [6.45, 7) is 9.16. The largest absolute Gasteiger partial charge is 0.393 e. The van der Waals surface area contributed by atoms with Gasteiger partial charge in [-0.1, -0.05) is 36.7 Å². The van der Waals surface area contributed by atoms with Crippen molar-refractivity contribution in [1.82, 2.24) is 0 Å². The van der Waals surface area contributed by atoms with Crippen LogP contribution in [0.3, 0.4) is 0 Å². The normalized spacial score (nSPS) is 61.6. The second kappa shape index (κ2) is 4.98. The molecule has 2 bridgehead atoms. The fraction of sp³-hybridized carbons (Fsp3) is 1.00. The molecular weight excluding hydrogens is 352 g/mol. The van der Waals surface area contributed by atoms with Crippen LogP contribution in [0, 0.1) is 40.4 Å². The van der Waals surface area contributed by atoms with Crippen molar-refractivity contribution < 1.29 is 10.2 Å². The molecule has 0 unspecified atom stereocenters. The van der Waals surface area contributed by atoms with Gasteiger partial charge in [0.25, 0.3) is 0 Å². The summed E-state index contributed by atoms with van der Waals surface area (Å²) >= 11 is 3.96. The van der Waals surface area contributed by atoms with Crippen LogP contribution in [-0.4, -0.2) is 26.7 Å². The maximum Gasteiger partial charge on any atom is 0.0657 e. The van der Waals surface area contributed by atoms with E-state index in [1.54, 1.807) is 0 Å². The molecule has 132 valence electrons. The Kier molecular flexibility index (Phi) is 3.65. The third-order valence-corrected chi connectivity index (χ3v) is 10.2. The predicted molar refractivity (Wildman–Crippen MR) is 96.4 cm³/mol. The van der Waals surface area contributed by atoms with Crippen molar-refractivity contribution in [2.24, 2.45) is 40.4 Å². The number of aliphatic hydroxyl groups excluding tert-OH is 1. The molecule has 0 aliphatic heterocycles. The Balaban J connectivity index is 1.81. The summed E-state index contributed by atoms with van der Waals surface area (Å²) in [6.07, 6.45) is 6.57. The Bertz CT molecular complexity index is 504. The Morgan fingerprint density at radius 1 is 1.13 bits per heavy atom. The molecule has 0 heterocycles. The van der Waals surface area contributed by atoms with Gasteiger partial charge in [0.15, 0.2) is 0 Å². The van der Waals surface area contributed by atoms with Crippen molar-refractivity contribution in [3.63, 3.8) is 0 Å². The zero-order valence-corrected chi connectivity index (χ0v) is 16.6. The lowest BCUT2D eigenvalue weighted by molar-refractivity contribution is -0.204. The SMILES string of the molecule is CC(C)[C@H]1C[C@H]2C[C@@]13CC[C@]1(C)[C@@H](Br)CC[C@@](C)(O)[C@H]1[C@@H]3[C@H]2O. The maximum atomic E-state index is 11.3. The van der Waals surface area contributed by atoms with Crippen LogP contribution in [0.1, 0.15) is 66.2 Å². The van der Waals surface area contributed by atoms with E-state index in [4.69, 9.17) is 0 Å². The molecular formula is C20H33BrO2. The molecule has 2 nitrogen and oxygen atoms in total. The van der Waals surface area contributed by atoms with Gasteiger partial charge in [0.2, 0.25) is 0 Å². The van der Waals surface area contributed by atoms with Gasteiger partial charge in [0, 0.05) is 4.83 Å². The van der Waals surface area contributed by atoms with Crippen molar-refractivity contribution >= 4 is 15.9 Å². The molecule has 23 heavy (non-hydrogen) atoms. The van der Waals surface area contributed by atoms with Gasteiger partial charge in [-0.15, -0.1) is 0 Å². The van der Waals surface area contributed by atoms with Crippen LogP contribution in [0.25, 0.3) is 0 Å². The topological polar surface area (TPSA) is 40.5 Å². The van der Waals surface area contributed by atoms with Crippen LogP contribution in [-0.2, 0) is 0 Å². The molecule has 0 radical (unpaired) electrons. The van der Waals surface area contributed by atoms with Gasteiger partial charge in [-0.05, 0) is 85.9 Å². The van der Waals surface area contributed by atoms with Crippen LogP contribution < -0.4 is 0 Å². The minimum Gasteiger partial charge on any atom is -0.393 e. The van der Waals surface area contributed by atoms with E-state index in [2.05, 4.69) is 43.6 Å². The van der Waals surface area contributed by atoms with Crippen LogP contribution in [0.5, 0.6) is 0 Å². The fourth-order valence-electron chi connectivity index (χ4n) is 7.90. The summed E-state index contributed by atoms with van der Waals surface area (Å²) in [4.78, 5) is 0.474. The lowest BCUT2D eigenvalue weighted by atomic mass is 9.43. The van der Waals surface area contributed by atoms with Crippen molar-refractivity contribution in [1.29, 1.82) is 0 Å². The molecule has 0 saturated heterocycles. The molecule has 4 aliphatic rings. The minimum atomic E-state index is -0.635. The fourth-order valence-corrected chi connectivity index (χ4v) is 8.64. The predicted octanol–water partition coefficient (Wildman–Crippen LogP) is 4.37. The van der Waals surface area contributed by atoms with E-state index >= 15 is 0 Å². The number of halogens is 1. The Morgan fingerprint density at radius 3 is 2.48 bits per heavy atom. The zero-order valence-electron chi connectivity index (χ0n) is 15.1. The first-order valence-electron chi connectivity index (χ1n) is 9.68. The quantitative estimate of drug-likeness (QED) is 0.658. The minimum absolute atomic E-state index is 0.116. The molecule has 0 amide bonds. The number of rotatable bonds is 1. The van der Waals surface area contributed by atoms with E-state index in [-0.39, 0.29) is 22.9 Å². The van der Waals surface area contributed by atoms with Crippen molar-refractivity contribution in [2.75, 3.05) is 0 Å². The first kappa shape index (κ1) is 16.8. The molecule has 3 heteroatoms. The van der Waals surface area contributed by atoms with E-state index in [9.17, 15) is 10.2 Å². The zero-order chi connectivity index (χ0) is 16.8. The molecule has 9 atom stereocenters. The Morgan fingerprint density at radius 2 is 1.83 bits per heavy atom. The van der Waals surface area contributed by atoms with Crippen LogP contribution in [0.15, 0.2) is 0 Å². The summed E-state index contributed by atoms with van der Waals surface area (Å²) < 4.78 is 0. The van der Waals surface area contributed by atoms with E-state index in [1.165, 1.54) is 25.7 Å². The first-order valence-corrected chi connectivity index (χ1v) is 10.6. The van der Waals surface area contributed by atoms with Gasteiger partial charge in [0.1, 0.15) is 0 Å². The number of hydrogen-bond acceptors (Lipinski definition) is 2. The van der Waals surface area contributed by atoms with Gasteiger partial charge < -0.3 is 10.2 Å². The van der Waals surface area contributed by atoms with Gasteiger partial charge in [-0.2, -0.15) is 0 Å². The van der Waals surface area contributed by atoms with E-state index < -0.39 is 5.60 Å². The lowest BCUT2D eigenvalue weighted by Gasteiger charge is -2.64. The molecule has 4 rings (SSSR count). The summed E-state index contributed by atoms with van der Waals surface area (Å²) in [5, 5.41) is 22.5. The molecule has 1 spiro atoms. The van der Waals surface area contributed by atoms with Gasteiger partial charge in [0.05, 0.1) is 11.7 Å². The first-order chi connectivity index (χ1) is 10.6. The smallest absolute Gasteiger partial charge is 0.0657 e. The Labute approximate surface area is 149 Å². The molecule has 2 N–H and O–H groups in total. The number of fused-ring (bicyclic) bond motifs is 3. The third kappa shape index (κ3) is 1.99. The van der Waals surface area contributed by atoms with Crippen LogP contribution in [0.2, 0.25) is 0 Å². The Hall–Kier alpha value is 0.400. The highest BCUT2D eigenvalue weighted by atomic mass is 79.9. The standard InChI is InChI=1S/C20H33BrO2/c1-11(2)13-9-12-10-20(13)8-7-18(3)14(21)5-6-19(4,23)17(18)15(20)16(12)22/h11-17,22-23H,5-10H2,1-4H3/t12-,13+,14-,15-,16-,17-,18+,19+,20-/m0/s1. The molecule has 4 aliphatic carbocycles. The van der Waals surface area contributed by atoms with Gasteiger partial charge in [-0.25, -0.2) is 0 Å². The highest BCUT2D eigenvalue weighted by molar-refractivity contribution is 9.09. The highest BCUT2D eigenvalue weighted by Gasteiger charge is 2.72. The van der Waals surface area contributed by atoms with Crippen molar-refractivity contribution in [2.45, 2.75) is 82.8 Å². The summed E-state index contributed by atoms with van der Waals surface area (Å²) in [5.41, 5.74) is -0.231. The highest BCUT2D eigenvalue weighted by Crippen LogP contribution is 2.74. The second-order valence-electron chi connectivity index (χ2n) is 10.1. The van der Waals surface area contributed by atoms with Crippen LogP contribution in [0.4, 0.5) is 0 Å². The summed E-state index contributed by atoms with van der Waals surface area (Å²) in [6, 6.07) is 0. The molecule has 4 fully saturated rings. The van der Waals surface area contributed by atoms with E-state index in [0.717, 1.165) is 18.8 Å². The van der Waals surface area contributed by atoms with Crippen molar-refractivity contribution in [3.8, 4) is 0 Å². The van der Waals surface area contributed by atoms with Crippen LogP contribution >= 0.6 is 15.9 Å². The molecule has 0 aromatic heterocycles. The monoisotopic (exact) mass is 384 g/mol. The van der Waals surface area contributed by atoms with E-state index in [0.29, 0.717) is 22.6 Å². The summed E-state index contributed by atoms with van der Waals surface area (Å²) in [7, 11) is 0. The molecule has 0 aromatic carbocycles. The average molecular weight is 385 g/mol. The third-order valence-electron chi connectivity index (χ3n) is 8.75. The van der Waals surface area contributed by atoms with Crippen molar-refractivity contribution in [3.05, 3.63) is 0 Å². The second-order valence-corrected chi connectivity index (χ2v) is 11.3. The maximum absolute atomic E-state index is 11.3. The lowest BCUT2D eigenvalue weighted by Crippen LogP contribution is -2.64. The molecule has 0 aromatic rings. The summed E-state index contributed by atoms with van der Waals surface area (Å²) in [5.74, 6) is 2.41. The van der Waals surface area contributed by atoms with Gasteiger partial charge >= 0.3 is 0 Å². The average Bonchev–Trinajstić information content (AvgIpc) is 2.97. The number of hydrogen-bond donors (Lipinski definition) is 2. The van der Waals surface area contributed by atoms with Gasteiger partial charge in [-0.3, -0.25) is 0 Å². The van der Waals surface area contributed by atoms with E-state index in [1.807, 2.05) is 0 Å². The molecule has 4 saturated carbocycles. The number of alkyl halides is 1. The number of aliphatic hydroxyl groups is 2.